The van der Waals surface area contributed by atoms with Crippen molar-refractivity contribution < 1.29 is 18.7 Å². The zero-order valence-electron chi connectivity index (χ0n) is 18.5. The van der Waals surface area contributed by atoms with Crippen LogP contribution in [0.4, 0.5) is 0 Å². The van der Waals surface area contributed by atoms with Gasteiger partial charge in [0, 0.05) is 29.6 Å². The van der Waals surface area contributed by atoms with Gasteiger partial charge in [0.2, 0.25) is 0 Å². The molecule has 0 aliphatic rings. The summed E-state index contributed by atoms with van der Waals surface area (Å²) in [6.07, 6.45) is 6.34. The number of nitrogens with one attached hydrogen (secondary N) is 1. The largest absolute Gasteiger partial charge is 0.467 e. The lowest BCUT2D eigenvalue weighted by atomic mass is 10.2. The van der Waals surface area contributed by atoms with Crippen LogP contribution >= 0.6 is 0 Å². The summed E-state index contributed by atoms with van der Waals surface area (Å²) >= 11 is 0. The van der Waals surface area contributed by atoms with Crippen LogP contribution in [0.1, 0.15) is 55.6 Å². The van der Waals surface area contributed by atoms with E-state index in [1.54, 1.807) is 31.3 Å². The minimum Gasteiger partial charge on any atom is -0.467 e. The molecule has 8 nitrogen and oxygen atoms in total. The molecule has 8 heteroatoms. The van der Waals surface area contributed by atoms with Crippen LogP contribution in [0.25, 0.3) is 11.9 Å². The van der Waals surface area contributed by atoms with Gasteiger partial charge in [0.05, 0.1) is 18.5 Å². The van der Waals surface area contributed by atoms with Crippen molar-refractivity contribution in [2.75, 3.05) is 6.61 Å². The van der Waals surface area contributed by atoms with E-state index in [1.165, 1.54) is 12.3 Å². The number of hydrogen-bond donors (Lipinski definition) is 1. The minimum atomic E-state index is -0.585. The van der Waals surface area contributed by atoms with Crippen molar-refractivity contribution in [3.8, 4) is 5.82 Å². The molecule has 3 rings (SSSR count). The number of furan rings is 1. The Morgan fingerprint density at radius 1 is 1.26 bits per heavy atom. The number of esters is 1. The monoisotopic (exact) mass is 424 g/mol. The first-order chi connectivity index (χ1) is 14.8. The summed E-state index contributed by atoms with van der Waals surface area (Å²) < 4.78 is 14.3. The van der Waals surface area contributed by atoms with Gasteiger partial charge in [-0.05, 0) is 64.5 Å². The predicted octanol–water partition coefficient (Wildman–Crippen LogP) is 3.90. The van der Waals surface area contributed by atoms with Crippen molar-refractivity contribution in [3.05, 3.63) is 65.5 Å². The molecule has 0 fully saturated rings. The summed E-state index contributed by atoms with van der Waals surface area (Å²) in [5.41, 5.74) is 2.90. The fourth-order valence-electron chi connectivity index (χ4n) is 3.43. The van der Waals surface area contributed by atoms with E-state index in [-0.39, 0.29) is 18.7 Å². The molecule has 0 radical (unpaired) electrons. The van der Waals surface area contributed by atoms with E-state index < -0.39 is 11.9 Å². The first kappa shape index (κ1) is 22.1. The van der Waals surface area contributed by atoms with Gasteiger partial charge in [-0.1, -0.05) is 0 Å². The van der Waals surface area contributed by atoms with E-state index in [0.717, 1.165) is 22.8 Å². The molecule has 1 atom stereocenters. The number of hydrogen-bond acceptors (Lipinski definition) is 5. The quantitative estimate of drug-likeness (QED) is 0.437. The van der Waals surface area contributed by atoms with Gasteiger partial charge in [0.1, 0.15) is 11.6 Å². The fraction of sp³-hybridized carbons (Fsp3) is 0.348. The van der Waals surface area contributed by atoms with Gasteiger partial charge in [0.15, 0.2) is 6.61 Å². The molecule has 0 unspecified atom stereocenters. The summed E-state index contributed by atoms with van der Waals surface area (Å²) in [7, 11) is 0. The Bertz CT molecular complexity index is 1070. The van der Waals surface area contributed by atoms with Crippen LogP contribution < -0.4 is 5.32 Å². The molecule has 3 aromatic rings. The van der Waals surface area contributed by atoms with E-state index in [2.05, 4.69) is 28.8 Å². The second-order valence-electron chi connectivity index (χ2n) is 7.64. The van der Waals surface area contributed by atoms with Crippen molar-refractivity contribution in [1.82, 2.24) is 19.7 Å². The minimum absolute atomic E-state index is 0.224. The second-order valence-corrected chi connectivity index (χ2v) is 7.64. The van der Waals surface area contributed by atoms with E-state index in [0.29, 0.717) is 5.76 Å². The van der Waals surface area contributed by atoms with Crippen LogP contribution in [0.15, 0.2) is 47.2 Å². The van der Waals surface area contributed by atoms with Crippen molar-refractivity contribution >= 4 is 18.0 Å². The lowest BCUT2D eigenvalue weighted by Gasteiger charge is -2.15. The van der Waals surface area contributed by atoms with Crippen molar-refractivity contribution in [3.63, 3.8) is 0 Å². The highest BCUT2D eigenvalue weighted by atomic mass is 16.5. The van der Waals surface area contributed by atoms with Crippen LogP contribution in [-0.4, -0.2) is 32.8 Å². The summed E-state index contributed by atoms with van der Waals surface area (Å²) in [4.78, 5) is 24.1. The van der Waals surface area contributed by atoms with Gasteiger partial charge in [0.25, 0.3) is 5.91 Å². The van der Waals surface area contributed by atoms with Gasteiger partial charge in [-0.2, -0.15) is 5.10 Å². The number of aromatic nitrogens is 3. The molecule has 3 heterocycles. The number of carbonyl (C=O) groups excluding carboxylic acids is 2. The number of aryl methyl sites for hydroxylation is 1. The second kappa shape index (κ2) is 9.51. The predicted molar refractivity (Wildman–Crippen MR) is 117 cm³/mol. The Hall–Kier alpha value is -3.55. The normalized spacial score (nSPS) is 12.5. The van der Waals surface area contributed by atoms with Gasteiger partial charge >= 0.3 is 5.97 Å². The molecule has 164 valence electrons. The smallest absolute Gasteiger partial charge is 0.331 e. The molecule has 0 aliphatic carbocycles. The van der Waals surface area contributed by atoms with Crippen LogP contribution in [0.5, 0.6) is 0 Å². The molecule has 0 saturated carbocycles. The van der Waals surface area contributed by atoms with Gasteiger partial charge in [-0.3, -0.25) is 4.79 Å². The molecule has 0 bridgehead atoms. The maximum absolute atomic E-state index is 12.1. The van der Waals surface area contributed by atoms with E-state index >= 15 is 0 Å². The zero-order chi connectivity index (χ0) is 22.5. The maximum Gasteiger partial charge on any atom is 0.331 e. The Labute approximate surface area is 181 Å². The van der Waals surface area contributed by atoms with Crippen molar-refractivity contribution in [1.29, 1.82) is 0 Å². The third-order valence-corrected chi connectivity index (χ3v) is 4.93. The standard InChI is InChI=1S/C23H28N4O4/c1-15(2)27-22(10-11-24-27)26-16(3)13-19(18(26)5)8-9-23(29)31-14-21(28)25-17(4)20-7-6-12-30-20/h6-13,15,17H,14H2,1-5H3,(H,25,28)/b9-8+/t17-/m0/s1. The summed E-state index contributed by atoms with van der Waals surface area (Å²) in [5.74, 6) is 0.618. The topological polar surface area (TPSA) is 91.3 Å². The molecule has 31 heavy (non-hydrogen) atoms. The van der Waals surface area contributed by atoms with Crippen LogP contribution in [0, 0.1) is 13.8 Å². The van der Waals surface area contributed by atoms with Crippen LogP contribution in [0.2, 0.25) is 0 Å². The van der Waals surface area contributed by atoms with Crippen molar-refractivity contribution in [2.24, 2.45) is 0 Å². The average Bonchev–Trinajstić information content (AvgIpc) is 3.45. The highest BCUT2D eigenvalue weighted by Crippen LogP contribution is 2.23. The summed E-state index contributed by atoms with van der Waals surface area (Å²) in [5, 5.41) is 7.11. The lowest BCUT2D eigenvalue weighted by molar-refractivity contribution is -0.144. The highest BCUT2D eigenvalue weighted by molar-refractivity contribution is 5.89. The number of rotatable bonds is 8. The number of carbonyl (C=O) groups is 2. The Kier molecular flexibility index (Phi) is 6.79. The molecule has 0 aliphatic heterocycles. The molecule has 3 aromatic heterocycles. The molecule has 1 amide bonds. The van der Waals surface area contributed by atoms with Crippen LogP contribution in [0.3, 0.4) is 0 Å². The lowest BCUT2D eigenvalue weighted by Crippen LogP contribution is -2.30. The van der Waals surface area contributed by atoms with Gasteiger partial charge < -0.3 is 19.0 Å². The maximum atomic E-state index is 12.1. The third kappa shape index (κ3) is 5.14. The number of ether oxygens (including phenoxy) is 1. The molecule has 1 N–H and O–H groups in total. The molecule has 0 aromatic carbocycles. The number of nitrogens with zero attached hydrogens (tertiary/aromatic N) is 3. The molecular formula is C23H28N4O4. The average molecular weight is 425 g/mol. The first-order valence-electron chi connectivity index (χ1n) is 10.2. The summed E-state index contributed by atoms with van der Waals surface area (Å²) in [6.45, 7) is 9.57. The zero-order valence-corrected chi connectivity index (χ0v) is 18.5. The van der Waals surface area contributed by atoms with Gasteiger partial charge in [-0.15, -0.1) is 0 Å². The summed E-state index contributed by atoms with van der Waals surface area (Å²) in [6, 6.07) is 7.39. The van der Waals surface area contributed by atoms with Crippen LogP contribution in [-0.2, 0) is 14.3 Å². The highest BCUT2D eigenvalue weighted by Gasteiger charge is 2.15. The third-order valence-electron chi connectivity index (χ3n) is 4.93. The van der Waals surface area contributed by atoms with Gasteiger partial charge in [-0.25, -0.2) is 9.48 Å². The van der Waals surface area contributed by atoms with E-state index in [4.69, 9.17) is 9.15 Å². The molecule has 0 saturated heterocycles. The molecule has 0 spiro atoms. The Morgan fingerprint density at radius 3 is 2.71 bits per heavy atom. The Balaban J connectivity index is 1.61. The number of amides is 1. The first-order valence-corrected chi connectivity index (χ1v) is 10.2. The fourth-order valence-corrected chi connectivity index (χ4v) is 3.43. The SMILES string of the molecule is Cc1cc(/C=C/C(=O)OCC(=O)N[C@@H](C)c2ccco2)c(C)n1-c1ccnn1C(C)C. The van der Waals surface area contributed by atoms with Crippen molar-refractivity contribution in [2.45, 2.75) is 46.7 Å². The Morgan fingerprint density at radius 2 is 2.03 bits per heavy atom. The van der Waals surface area contributed by atoms with E-state index in [9.17, 15) is 9.59 Å². The van der Waals surface area contributed by atoms with E-state index in [1.807, 2.05) is 30.7 Å². The molecular weight excluding hydrogens is 396 g/mol.